The number of aliphatic carboxylic acids is 2. The van der Waals surface area contributed by atoms with Crippen LogP contribution in [0, 0.1) is 0 Å². The van der Waals surface area contributed by atoms with Crippen molar-refractivity contribution in [1.29, 1.82) is 0 Å². The number of anilines is 1. The lowest BCUT2D eigenvalue weighted by atomic mass is 10.1. The van der Waals surface area contributed by atoms with Crippen LogP contribution in [0.15, 0.2) is 27.4 Å². The predicted molar refractivity (Wildman–Crippen MR) is 103 cm³/mol. The van der Waals surface area contributed by atoms with E-state index in [9.17, 15) is 19.2 Å². The maximum atomic E-state index is 12.2. The van der Waals surface area contributed by atoms with Gasteiger partial charge in [-0.1, -0.05) is 0 Å². The van der Waals surface area contributed by atoms with E-state index in [4.69, 9.17) is 20.4 Å². The Morgan fingerprint density at radius 1 is 1.20 bits per heavy atom. The van der Waals surface area contributed by atoms with Gasteiger partial charge in [-0.2, -0.15) is 4.98 Å². The normalized spacial score (nSPS) is 12.0. The van der Waals surface area contributed by atoms with Gasteiger partial charge in [0.05, 0.1) is 5.39 Å². The minimum atomic E-state index is -1.34. The zero-order valence-electron chi connectivity index (χ0n) is 15.6. The van der Waals surface area contributed by atoms with Crippen molar-refractivity contribution < 1.29 is 29.0 Å². The third-order valence-electron chi connectivity index (χ3n) is 4.35. The molecule has 3 aromatic heterocycles. The van der Waals surface area contributed by atoms with Gasteiger partial charge in [-0.25, -0.2) is 4.79 Å². The van der Waals surface area contributed by atoms with Gasteiger partial charge in [0, 0.05) is 18.5 Å². The minimum Gasteiger partial charge on any atom is -0.481 e. The van der Waals surface area contributed by atoms with Gasteiger partial charge >= 0.3 is 11.9 Å². The van der Waals surface area contributed by atoms with Gasteiger partial charge in [0.25, 0.3) is 11.5 Å². The number of nitrogens with one attached hydrogen (secondary N) is 3. The molecule has 3 heterocycles. The molecule has 0 fully saturated rings. The first-order chi connectivity index (χ1) is 14.2. The number of carbonyl (C=O) groups excluding carboxylic acids is 1. The van der Waals surface area contributed by atoms with Crippen molar-refractivity contribution in [2.45, 2.75) is 31.7 Å². The number of nitrogen functional groups attached to an aromatic ring is 1. The first kappa shape index (κ1) is 20.6. The Balaban J connectivity index is 1.62. The highest BCUT2D eigenvalue weighted by molar-refractivity contribution is 5.94. The Hall–Kier alpha value is -4.09. The molecule has 0 saturated heterocycles. The Morgan fingerprint density at radius 3 is 2.67 bits per heavy atom. The summed E-state index contributed by atoms with van der Waals surface area (Å²) in [5.74, 6) is -2.86. The summed E-state index contributed by atoms with van der Waals surface area (Å²) in [6.07, 6.45) is 0.214. The van der Waals surface area contributed by atoms with Crippen molar-refractivity contribution in [2.24, 2.45) is 0 Å². The Labute approximate surface area is 168 Å². The van der Waals surface area contributed by atoms with Gasteiger partial charge in [0.15, 0.2) is 5.76 Å². The smallest absolute Gasteiger partial charge is 0.326 e. The number of carboxylic acid groups (broad SMARTS) is 2. The maximum Gasteiger partial charge on any atom is 0.326 e. The lowest BCUT2D eigenvalue weighted by Gasteiger charge is -2.12. The second-order valence-corrected chi connectivity index (χ2v) is 6.57. The number of carboxylic acids is 2. The van der Waals surface area contributed by atoms with E-state index in [1.165, 1.54) is 6.07 Å². The zero-order chi connectivity index (χ0) is 21.8. The molecule has 30 heavy (non-hydrogen) atoms. The van der Waals surface area contributed by atoms with E-state index in [1.54, 1.807) is 12.1 Å². The first-order valence-electron chi connectivity index (χ1n) is 8.94. The number of aryl methyl sites for hydroxylation is 2. The molecule has 1 amide bonds. The number of hydrogen-bond donors (Lipinski definition) is 6. The molecule has 1 atom stereocenters. The molecule has 0 saturated carbocycles. The molecule has 3 aromatic rings. The van der Waals surface area contributed by atoms with Gasteiger partial charge in [-0.15, -0.1) is 0 Å². The van der Waals surface area contributed by atoms with Crippen LogP contribution in [-0.4, -0.2) is 49.1 Å². The molecule has 12 heteroatoms. The molecular formula is C18H19N5O7. The average molecular weight is 417 g/mol. The molecule has 0 bridgehead atoms. The number of carbonyl (C=O) groups is 3. The fourth-order valence-electron chi connectivity index (χ4n) is 2.87. The van der Waals surface area contributed by atoms with E-state index < -0.39 is 30.3 Å². The number of rotatable bonds is 9. The molecule has 0 spiro atoms. The molecular weight excluding hydrogens is 398 g/mol. The summed E-state index contributed by atoms with van der Waals surface area (Å²) in [4.78, 5) is 55.3. The van der Waals surface area contributed by atoms with E-state index in [1.807, 2.05) is 0 Å². The number of nitrogens with two attached hydrogens (primary N) is 1. The summed E-state index contributed by atoms with van der Waals surface area (Å²) in [6, 6.07) is 3.29. The molecule has 0 aliphatic carbocycles. The molecule has 0 aromatic carbocycles. The van der Waals surface area contributed by atoms with Crippen LogP contribution < -0.4 is 16.6 Å². The summed E-state index contributed by atoms with van der Waals surface area (Å²) >= 11 is 0. The zero-order valence-corrected chi connectivity index (χ0v) is 15.6. The van der Waals surface area contributed by atoms with Gasteiger partial charge in [-0.05, 0) is 31.0 Å². The third kappa shape index (κ3) is 4.84. The second kappa shape index (κ2) is 8.51. The van der Waals surface area contributed by atoms with Crippen LogP contribution in [0.2, 0.25) is 0 Å². The number of aromatic nitrogens is 3. The highest BCUT2D eigenvalue weighted by atomic mass is 16.4. The maximum absolute atomic E-state index is 12.2. The Morgan fingerprint density at radius 2 is 1.97 bits per heavy atom. The molecule has 0 unspecified atom stereocenters. The summed E-state index contributed by atoms with van der Waals surface area (Å²) in [7, 11) is 0. The quantitative estimate of drug-likeness (QED) is 0.282. The van der Waals surface area contributed by atoms with Crippen molar-refractivity contribution in [1.82, 2.24) is 20.3 Å². The van der Waals surface area contributed by atoms with Gasteiger partial charge < -0.3 is 30.7 Å². The SMILES string of the molecule is Nc1nc2[nH]c(CCc3ccc(C(=O)N[C@@H](CCC(=O)O)C(=O)O)o3)cc2c(=O)[nH]1. The average Bonchev–Trinajstić information content (AvgIpc) is 3.29. The topological polar surface area (TPSA) is 204 Å². The highest BCUT2D eigenvalue weighted by Crippen LogP contribution is 2.15. The summed E-state index contributed by atoms with van der Waals surface area (Å²) in [5.41, 5.74) is 6.24. The van der Waals surface area contributed by atoms with E-state index >= 15 is 0 Å². The Kier molecular flexibility index (Phi) is 5.85. The lowest BCUT2D eigenvalue weighted by Crippen LogP contribution is -2.41. The molecule has 12 nitrogen and oxygen atoms in total. The van der Waals surface area contributed by atoms with Crippen LogP contribution in [0.4, 0.5) is 5.95 Å². The molecule has 158 valence electrons. The lowest BCUT2D eigenvalue weighted by molar-refractivity contribution is -0.140. The monoisotopic (exact) mass is 417 g/mol. The fourth-order valence-corrected chi connectivity index (χ4v) is 2.87. The van der Waals surface area contributed by atoms with Gasteiger partial charge in [-0.3, -0.25) is 19.4 Å². The summed E-state index contributed by atoms with van der Waals surface area (Å²) < 4.78 is 5.45. The van der Waals surface area contributed by atoms with Crippen molar-refractivity contribution in [3.05, 3.63) is 45.8 Å². The molecule has 7 N–H and O–H groups in total. The van der Waals surface area contributed by atoms with Crippen LogP contribution >= 0.6 is 0 Å². The highest BCUT2D eigenvalue weighted by Gasteiger charge is 2.23. The van der Waals surface area contributed by atoms with Crippen LogP contribution in [0.5, 0.6) is 0 Å². The molecule has 0 radical (unpaired) electrons. The van der Waals surface area contributed by atoms with E-state index in [-0.39, 0.29) is 23.7 Å². The standard InChI is InChI=1S/C18H19N5O7/c19-18-22-14-10(15(26)23-18)7-8(20-14)1-2-9-3-5-12(30-9)16(27)21-11(17(28)29)4-6-13(24)25/h3,5,7,11H,1-2,4,6H2,(H,21,27)(H,24,25)(H,28,29)(H4,19,20,22,23,26)/t11-/m0/s1. The second-order valence-electron chi connectivity index (χ2n) is 6.57. The van der Waals surface area contributed by atoms with Crippen LogP contribution in [0.25, 0.3) is 11.0 Å². The van der Waals surface area contributed by atoms with Crippen molar-refractivity contribution in [3.8, 4) is 0 Å². The largest absolute Gasteiger partial charge is 0.481 e. The van der Waals surface area contributed by atoms with Crippen LogP contribution in [0.3, 0.4) is 0 Å². The van der Waals surface area contributed by atoms with E-state index in [0.717, 1.165) is 5.69 Å². The summed E-state index contributed by atoms with van der Waals surface area (Å²) in [6.45, 7) is 0. The van der Waals surface area contributed by atoms with Gasteiger partial charge in [0.1, 0.15) is 17.4 Å². The summed E-state index contributed by atoms with van der Waals surface area (Å²) in [5, 5.41) is 20.4. The molecule has 3 rings (SSSR count). The third-order valence-corrected chi connectivity index (χ3v) is 4.35. The van der Waals surface area contributed by atoms with Crippen LogP contribution in [0.1, 0.15) is 34.9 Å². The molecule has 0 aliphatic heterocycles. The number of amides is 1. The van der Waals surface area contributed by atoms with Crippen molar-refractivity contribution >= 4 is 34.8 Å². The van der Waals surface area contributed by atoms with Gasteiger partial charge in [0.2, 0.25) is 5.95 Å². The van der Waals surface area contributed by atoms with E-state index in [2.05, 4.69) is 20.3 Å². The number of furan rings is 1. The predicted octanol–water partition coefficient (Wildman–Crippen LogP) is 0.259. The number of hydrogen-bond acceptors (Lipinski definition) is 7. The number of aromatic amines is 2. The number of fused-ring (bicyclic) bond motifs is 1. The first-order valence-corrected chi connectivity index (χ1v) is 8.94. The van der Waals surface area contributed by atoms with Crippen molar-refractivity contribution in [3.63, 3.8) is 0 Å². The minimum absolute atomic E-state index is 0.00519. The van der Waals surface area contributed by atoms with Crippen molar-refractivity contribution in [2.75, 3.05) is 5.73 Å². The fraction of sp³-hybridized carbons (Fsp3) is 0.278. The molecule has 0 aliphatic rings. The number of nitrogens with zero attached hydrogens (tertiary/aromatic N) is 1. The Bertz CT molecular complexity index is 1160. The van der Waals surface area contributed by atoms with E-state index in [0.29, 0.717) is 29.6 Å². The number of H-pyrrole nitrogens is 2. The van der Waals surface area contributed by atoms with Crippen LogP contribution in [-0.2, 0) is 22.4 Å².